The number of hydrogen-bond donors (Lipinski definition) is 2. The minimum absolute atomic E-state index is 0.0364. The average molecular weight is 711 g/mol. The lowest BCUT2D eigenvalue weighted by Gasteiger charge is -2.26. The number of urea groups is 1. The first-order valence-electron chi connectivity index (χ1n) is 16.7. The largest absolute Gasteiger partial charge is 0.475 e. The van der Waals surface area contributed by atoms with E-state index in [0.717, 1.165) is 43.5 Å². The number of rotatable bonds is 14. The fourth-order valence-corrected chi connectivity index (χ4v) is 6.64. The third-order valence-electron chi connectivity index (χ3n) is 8.10. The Balaban J connectivity index is 1.09. The number of amides is 3. The van der Waals surface area contributed by atoms with E-state index < -0.39 is 19.9 Å². The van der Waals surface area contributed by atoms with Gasteiger partial charge in [-0.2, -0.15) is 0 Å². The number of carbonyl (C=O) groups is 2. The second-order valence-electron chi connectivity index (χ2n) is 11.9. The quantitative estimate of drug-likeness (QED) is 0.113. The molecule has 1 aliphatic heterocycles. The molecule has 1 saturated heterocycles. The van der Waals surface area contributed by atoms with Gasteiger partial charge in [-0.05, 0) is 61.6 Å². The molecule has 264 valence electrons. The fraction of sp³-hybridized carbons (Fsp3) is 0.278. The number of aromatic nitrogens is 5. The molecule has 2 N–H and O–H groups in total. The van der Waals surface area contributed by atoms with Gasteiger partial charge in [-0.25, -0.2) is 19.3 Å². The summed E-state index contributed by atoms with van der Waals surface area (Å²) in [6.45, 7) is 3.30. The Hall–Kier alpha value is -5.27. The number of phosphoric acid groups is 1. The van der Waals surface area contributed by atoms with Gasteiger partial charge < -0.3 is 9.47 Å². The van der Waals surface area contributed by atoms with E-state index in [2.05, 4.69) is 30.8 Å². The Morgan fingerprint density at radius 2 is 1.49 bits per heavy atom. The van der Waals surface area contributed by atoms with Crippen molar-refractivity contribution in [1.82, 2.24) is 29.6 Å². The van der Waals surface area contributed by atoms with Crippen molar-refractivity contribution in [3.8, 4) is 11.5 Å². The zero-order valence-electron chi connectivity index (χ0n) is 28.1. The number of nitrogens with zero attached hydrogens (tertiary/aromatic N) is 6. The molecule has 0 aliphatic carbocycles. The van der Waals surface area contributed by atoms with Gasteiger partial charge in [0.2, 0.25) is 0 Å². The van der Waals surface area contributed by atoms with E-state index in [4.69, 9.17) is 13.6 Å². The molecule has 3 amide bonds. The normalized spacial score (nSPS) is 13.8. The number of anilines is 2. The first-order chi connectivity index (χ1) is 24.8. The zero-order valence-corrected chi connectivity index (χ0v) is 29.0. The third kappa shape index (κ3) is 9.92. The molecule has 0 radical (unpaired) electrons. The van der Waals surface area contributed by atoms with Crippen molar-refractivity contribution >= 4 is 31.4 Å². The summed E-state index contributed by atoms with van der Waals surface area (Å²) >= 11 is 0. The minimum atomic E-state index is -4.01. The number of phosphoric ester groups is 1. The smallest absolute Gasteiger partial charge is 0.339 e. The molecule has 0 unspecified atom stereocenters. The number of benzene rings is 2. The first-order valence-corrected chi connectivity index (χ1v) is 18.1. The highest BCUT2D eigenvalue weighted by molar-refractivity contribution is 7.48. The van der Waals surface area contributed by atoms with Gasteiger partial charge in [0.1, 0.15) is 23.7 Å². The molecule has 5 aromatic rings. The van der Waals surface area contributed by atoms with E-state index in [1.807, 2.05) is 72.5 Å². The second kappa shape index (κ2) is 17.1. The zero-order chi connectivity index (χ0) is 35.5. The Kier molecular flexibility index (Phi) is 11.9. The topological polar surface area (TPSA) is 163 Å². The molecule has 0 spiro atoms. The van der Waals surface area contributed by atoms with Crippen molar-refractivity contribution in [2.75, 3.05) is 30.3 Å². The van der Waals surface area contributed by atoms with Gasteiger partial charge in [-0.15, -0.1) is 10.2 Å². The Bertz CT molecular complexity index is 1910. The molecule has 0 saturated carbocycles. The fourth-order valence-electron chi connectivity index (χ4n) is 5.40. The number of piperidine rings is 1. The number of nitrogens with one attached hydrogen (secondary N) is 2. The van der Waals surface area contributed by atoms with Crippen LogP contribution in [0.15, 0.2) is 104 Å². The average Bonchev–Trinajstić information content (AvgIpc) is 3.67. The molecule has 1 aliphatic rings. The summed E-state index contributed by atoms with van der Waals surface area (Å²) in [5, 5.41) is 13.7. The van der Waals surface area contributed by atoms with E-state index >= 15 is 0 Å². The maximum absolute atomic E-state index is 13.8. The molecule has 2 aromatic carbocycles. The molecule has 14 nitrogen and oxygen atoms in total. The van der Waals surface area contributed by atoms with E-state index in [0.29, 0.717) is 17.1 Å². The lowest BCUT2D eigenvalue weighted by atomic mass is 10.1. The molecule has 3 aromatic heterocycles. The number of hydrogen-bond acceptors (Lipinski definition) is 10. The molecule has 6 rings (SSSR count). The second-order valence-corrected chi connectivity index (χ2v) is 13.6. The maximum Gasteiger partial charge on any atom is 0.475 e. The van der Waals surface area contributed by atoms with Crippen LogP contribution in [-0.4, -0.2) is 61.3 Å². The monoisotopic (exact) mass is 710 g/mol. The Morgan fingerprint density at radius 1 is 0.824 bits per heavy atom. The number of pyridine rings is 2. The summed E-state index contributed by atoms with van der Waals surface area (Å²) in [5.41, 5.74) is 2.52. The van der Waals surface area contributed by atoms with Crippen molar-refractivity contribution in [3.05, 3.63) is 120 Å². The first kappa shape index (κ1) is 35.6. The summed E-state index contributed by atoms with van der Waals surface area (Å²) in [6.07, 6.45) is 6.09. The molecule has 1 fully saturated rings. The number of carbonyl (C=O) groups excluding carboxylic acids is 2. The van der Waals surface area contributed by atoms with E-state index in [1.165, 1.54) is 12.5 Å². The van der Waals surface area contributed by atoms with E-state index in [1.54, 1.807) is 34.9 Å². The highest BCUT2D eigenvalue weighted by Crippen LogP contribution is 2.51. The van der Waals surface area contributed by atoms with Crippen LogP contribution in [0.5, 0.6) is 0 Å². The molecular formula is C36H39N8O6P. The lowest BCUT2D eigenvalue weighted by Crippen LogP contribution is -2.35. The van der Waals surface area contributed by atoms with Crippen molar-refractivity contribution in [2.45, 2.75) is 45.4 Å². The number of likely N-dealkylation sites (tertiary alicyclic amines) is 1. The summed E-state index contributed by atoms with van der Waals surface area (Å²) in [4.78, 5) is 36.4. The van der Waals surface area contributed by atoms with Gasteiger partial charge in [-0.1, -0.05) is 66.7 Å². The van der Waals surface area contributed by atoms with E-state index in [9.17, 15) is 14.2 Å². The highest BCUT2D eigenvalue weighted by Gasteiger charge is 2.29. The predicted molar refractivity (Wildman–Crippen MR) is 191 cm³/mol. The standard InChI is InChI=1S/C36H39N8O6P/c1-27(23-48-51(47,49-24-28-12-5-2-6-13-28)50-25-29-14-7-3-8-15-29)44-26-38-42-34(44)31-16-11-17-32(39-31)40-36(46)41-33-22-30(18-19-37-33)35(45)43-20-9-4-10-21-43/h2-3,5-8,11-19,22,26-27H,4,9-10,20-21,23-25H2,1H3,(H2,37,39,40,41,46)/t27-/m1/s1. The van der Waals surface area contributed by atoms with Crippen LogP contribution < -0.4 is 10.6 Å². The van der Waals surface area contributed by atoms with Gasteiger partial charge in [0.25, 0.3) is 5.91 Å². The summed E-state index contributed by atoms with van der Waals surface area (Å²) in [5.74, 6) is 0.793. The third-order valence-corrected chi connectivity index (χ3v) is 9.45. The lowest BCUT2D eigenvalue weighted by molar-refractivity contribution is 0.0724. The SMILES string of the molecule is C[C@H](COP(=O)(OCc1ccccc1)OCc1ccccc1)n1cnnc1-c1cccc(NC(=O)Nc2cc(C(=O)N3CCCCC3)ccn2)n1. The van der Waals surface area contributed by atoms with Crippen LogP contribution in [-0.2, 0) is 31.4 Å². The van der Waals surface area contributed by atoms with Crippen LogP contribution in [0.2, 0.25) is 0 Å². The van der Waals surface area contributed by atoms with Crippen LogP contribution in [0.4, 0.5) is 16.4 Å². The molecule has 4 heterocycles. The molecular weight excluding hydrogens is 671 g/mol. The minimum Gasteiger partial charge on any atom is -0.339 e. The van der Waals surface area contributed by atoms with Crippen molar-refractivity contribution in [3.63, 3.8) is 0 Å². The van der Waals surface area contributed by atoms with Gasteiger partial charge in [0.15, 0.2) is 5.82 Å². The maximum atomic E-state index is 13.8. The van der Waals surface area contributed by atoms with Gasteiger partial charge in [0, 0.05) is 24.8 Å². The summed E-state index contributed by atoms with van der Waals surface area (Å²) in [7, 11) is -4.01. The summed E-state index contributed by atoms with van der Waals surface area (Å²) < 4.78 is 32.9. The van der Waals surface area contributed by atoms with Crippen LogP contribution in [0.3, 0.4) is 0 Å². The highest BCUT2D eigenvalue weighted by atomic mass is 31.2. The van der Waals surface area contributed by atoms with Gasteiger partial charge >= 0.3 is 13.9 Å². The van der Waals surface area contributed by atoms with Crippen LogP contribution in [0.25, 0.3) is 11.5 Å². The Labute approximate surface area is 295 Å². The van der Waals surface area contributed by atoms with Crippen molar-refractivity contribution < 1.29 is 27.7 Å². The van der Waals surface area contributed by atoms with Crippen molar-refractivity contribution in [2.24, 2.45) is 0 Å². The molecule has 15 heteroatoms. The van der Waals surface area contributed by atoms with Crippen LogP contribution in [0.1, 0.15) is 53.7 Å². The van der Waals surface area contributed by atoms with Gasteiger partial charge in [-0.3, -0.25) is 29.0 Å². The van der Waals surface area contributed by atoms with E-state index in [-0.39, 0.29) is 37.4 Å². The molecule has 51 heavy (non-hydrogen) atoms. The molecule has 0 bridgehead atoms. The van der Waals surface area contributed by atoms with Crippen LogP contribution >= 0.6 is 7.82 Å². The summed E-state index contributed by atoms with van der Waals surface area (Å²) in [6, 6.07) is 26.0. The Morgan fingerprint density at radius 3 is 2.18 bits per heavy atom. The van der Waals surface area contributed by atoms with Gasteiger partial charge in [0.05, 0.1) is 25.9 Å². The van der Waals surface area contributed by atoms with Crippen LogP contribution in [0, 0.1) is 0 Å². The molecule has 1 atom stereocenters. The predicted octanol–water partition coefficient (Wildman–Crippen LogP) is 7.12. The van der Waals surface area contributed by atoms with Crippen molar-refractivity contribution in [1.29, 1.82) is 0 Å².